The molecule has 3 aliphatic rings. The van der Waals surface area contributed by atoms with E-state index in [1.165, 1.54) is 102 Å². The number of ether oxygens (including phenoxy) is 1. The Morgan fingerprint density at radius 3 is 2.52 bits per heavy atom. The Morgan fingerprint density at radius 1 is 0.926 bits per heavy atom. The van der Waals surface area contributed by atoms with E-state index in [-0.39, 0.29) is 0 Å². The Bertz CT molecular complexity index is 584. The van der Waals surface area contributed by atoms with Crippen molar-refractivity contribution in [2.45, 2.75) is 95.4 Å². The maximum atomic E-state index is 5.62. The summed E-state index contributed by atoms with van der Waals surface area (Å²) < 4.78 is 5.62. The first-order valence-corrected chi connectivity index (χ1v) is 11.7. The minimum Gasteiger partial charge on any atom is -0.496 e. The SMILES string of the molecule is COc1cccc2c1CCC[C@@H]2CCCC1CCN(C2CCCCC2)CC1. The molecule has 2 heteroatoms. The standard InChI is InChI=1S/C25H39NO/c1-27-25-15-7-13-23-21(10-6-14-24(23)25)9-5-8-20-16-18-26(19-17-20)22-11-3-2-4-12-22/h7,13,15,20-22H,2-6,8-12,14,16-19H2,1H3/t21-/m0/s1. The smallest absolute Gasteiger partial charge is 0.122 e. The van der Waals surface area contributed by atoms with E-state index in [0.29, 0.717) is 0 Å². The summed E-state index contributed by atoms with van der Waals surface area (Å²) in [6.45, 7) is 2.75. The van der Waals surface area contributed by atoms with Gasteiger partial charge in [0.2, 0.25) is 0 Å². The van der Waals surface area contributed by atoms with E-state index in [1.54, 1.807) is 5.56 Å². The fraction of sp³-hybridized carbons (Fsp3) is 0.760. The third kappa shape index (κ3) is 4.70. The van der Waals surface area contributed by atoms with Gasteiger partial charge in [0, 0.05) is 6.04 Å². The van der Waals surface area contributed by atoms with Crippen LogP contribution >= 0.6 is 0 Å². The molecule has 150 valence electrons. The molecule has 2 fully saturated rings. The second-order valence-electron chi connectivity index (χ2n) is 9.32. The molecule has 1 aromatic rings. The number of hydrogen-bond acceptors (Lipinski definition) is 2. The van der Waals surface area contributed by atoms with Crippen molar-refractivity contribution in [3.05, 3.63) is 29.3 Å². The fourth-order valence-electron chi connectivity index (χ4n) is 6.11. The van der Waals surface area contributed by atoms with Crippen LogP contribution in [0.3, 0.4) is 0 Å². The van der Waals surface area contributed by atoms with Gasteiger partial charge in [-0.05, 0) is 93.5 Å². The Labute approximate surface area is 166 Å². The summed E-state index contributed by atoms with van der Waals surface area (Å²) in [5.41, 5.74) is 3.09. The molecule has 1 aromatic carbocycles. The monoisotopic (exact) mass is 369 g/mol. The maximum absolute atomic E-state index is 5.62. The summed E-state index contributed by atoms with van der Waals surface area (Å²) in [6.07, 6.45) is 18.4. The number of methoxy groups -OCH3 is 1. The average molecular weight is 370 g/mol. The number of piperidine rings is 1. The zero-order chi connectivity index (χ0) is 18.5. The Hall–Kier alpha value is -1.02. The van der Waals surface area contributed by atoms with Crippen molar-refractivity contribution >= 4 is 0 Å². The van der Waals surface area contributed by atoms with Crippen LogP contribution in [0.5, 0.6) is 5.75 Å². The van der Waals surface area contributed by atoms with Gasteiger partial charge in [-0.15, -0.1) is 0 Å². The summed E-state index contributed by atoms with van der Waals surface area (Å²) in [5, 5.41) is 0. The van der Waals surface area contributed by atoms with Crippen LogP contribution < -0.4 is 4.74 Å². The quantitative estimate of drug-likeness (QED) is 0.581. The van der Waals surface area contributed by atoms with Crippen LogP contribution in [0, 0.1) is 5.92 Å². The first-order valence-electron chi connectivity index (χ1n) is 11.7. The van der Waals surface area contributed by atoms with E-state index in [1.807, 2.05) is 7.11 Å². The van der Waals surface area contributed by atoms with Crippen molar-refractivity contribution in [1.29, 1.82) is 0 Å². The fourth-order valence-corrected chi connectivity index (χ4v) is 6.11. The zero-order valence-corrected chi connectivity index (χ0v) is 17.4. The van der Waals surface area contributed by atoms with Gasteiger partial charge in [0.15, 0.2) is 0 Å². The van der Waals surface area contributed by atoms with Gasteiger partial charge in [0.25, 0.3) is 0 Å². The van der Waals surface area contributed by atoms with E-state index < -0.39 is 0 Å². The minimum absolute atomic E-state index is 0.770. The Morgan fingerprint density at radius 2 is 1.74 bits per heavy atom. The molecule has 4 rings (SSSR count). The van der Waals surface area contributed by atoms with Crippen LogP contribution in [-0.2, 0) is 6.42 Å². The molecule has 1 saturated carbocycles. The van der Waals surface area contributed by atoms with E-state index in [4.69, 9.17) is 4.74 Å². The number of hydrogen-bond donors (Lipinski definition) is 0. The molecule has 0 N–H and O–H groups in total. The molecule has 27 heavy (non-hydrogen) atoms. The number of benzene rings is 1. The van der Waals surface area contributed by atoms with Crippen molar-refractivity contribution in [3.63, 3.8) is 0 Å². The largest absolute Gasteiger partial charge is 0.496 e. The number of rotatable bonds is 6. The summed E-state index contributed by atoms with van der Waals surface area (Å²) in [6, 6.07) is 7.62. The molecule has 1 atom stereocenters. The lowest BCUT2D eigenvalue weighted by Crippen LogP contribution is -2.42. The molecule has 0 spiro atoms. The van der Waals surface area contributed by atoms with Gasteiger partial charge in [-0.1, -0.05) is 44.2 Å². The van der Waals surface area contributed by atoms with Gasteiger partial charge < -0.3 is 9.64 Å². The minimum atomic E-state index is 0.770. The lowest BCUT2D eigenvalue weighted by atomic mass is 9.79. The van der Waals surface area contributed by atoms with Crippen LogP contribution in [0.2, 0.25) is 0 Å². The average Bonchev–Trinajstić information content (AvgIpc) is 2.74. The van der Waals surface area contributed by atoms with Crippen molar-refractivity contribution in [3.8, 4) is 5.75 Å². The maximum Gasteiger partial charge on any atom is 0.122 e. The Kier molecular flexibility index (Phi) is 6.76. The number of nitrogens with zero attached hydrogens (tertiary/aromatic N) is 1. The molecule has 0 amide bonds. The van der Waals surface area contributed by atoms with Crippen molar-refractivity contribution < 1.29 is 4.74 Å². The number of likely N-dealkylation sites (tertiary alicyclic amines) is 1. The second kappa shape index (κ2) is 9.45. The molecule has 1 saturated heterocycles. The molecule has 2 nitrogen and oxygen atoms in total. The van der Waals surface area contributed by atoms with Gasteiger partial charge in [0.05, 0.1) is 7.11 Å². The molecule has 2 aliphatic carbocycles. The molecule has 0 aromatic heterocycles. The van der Waals surface area contributed by atoms with E-state index in [2.05, 4.69) is 23.1 Å². The highest BCUT2D eigenvalue weighted by atomic mass is 16.5. The van der Waals surface area contributed by atoms with E-state index >= 15 is 0 Å². The summed E-state index contributed by atoms with van der Waals surface area (Å²) >= 11 is 0. The normalized spacial score (nSPS) is 25.3. The lowest BCUT2D eigenvalue weighted by Gasteiger charge is -2.39. The molecular formula is C25H39NO. The topological polar surface area (TPSA) is 12.5 Å². The molecular weight excluding hydrogens is 330 g/mol. The molecule has 0 unspecified atom stereocenters. The first kappa shape index (κ1) is 19.3. The van der Waals surface area contributed by atoms with E-state index in [0.717, 1.165) is 23.6 Å². The van der Waals surface area contributed by atoms with Gasteiger partial charge in [-0.2, -0.15) is 0 Å². The Balaban J connectivity index is 1.22. The van der Waals surface area contributed by atoms with Crippen molar-refractivity contribution in [2.24, 2.45) is 5.92 Å². The van der Waals surface area contributed by atoms with Crippen LogP contribution in [0.4, 0.5) is 0 Å². The predicted octanol–water partition coefficient (Wildman–Crippen LogP) is 6.33. The third-order valence-electron chi connectivity index (χ3n) is 7.71. The van der Waals surface area contributed by atoms with Crippen molar-refractivity contribution in [1.82, 2.24) is 4.90 Å². The first-order chi connectivity index (χ1) is 13.3. The van der Waals surface area contributed by atoms with Crippen LogP contribution in [0.15, 0.2) is 18.2 Å². The van der Waals surface area contributed by atoms with Crippen molar-refractivity contribution in [2.75, 3.05) is 20.2 Å². The van der Waals surface area contributed by atoms with E-state index in [9.17, 15) is 0 Å². The predicted molar refractivity (Wildman–Crippen MR) is 114 cm³/mol. The highest BCUT2D eigenvalue weighted by Crippen LogP contribution is 2.39. The molecule has 0 bridgehead atoms. The molecule has 0 radical (unpaired) electrons. The summed E-state index contributed by atoms with van der Waals surface area (Å²) in [7, 11) is 1.82. The highest BCUT2D eigenvalue weighted by molar-refractivity contribution is 5.43. The zero-order valence-electron chi connectivity index (χ0n) is 17.4. The molecule has 1 heterocycles. The lowest BCUT2D eigenvalue weighted by molar-refractivity contribution is 0.103. The second-order valence-corrected chi connectivity index (χ2v) is 9.32. The van der Waals surface area contributed by atoms with Gasteiger partial charge in [0.1, 0.15) is 5.75 Å². The third-order valence-corrected chi connectivity index (χ3v) is 7.71. The van der Waals surface area contributed by atoms with Gasteiger partial charge in [-0.25, -0.2) is 0 Å². The molecule has 1 aliphatic heterocycles. The number of fused-ring (bicyclic) bond motifs is 1. The van der Waals surface area contributed by atoms with Crippen LogP contribution in [0.1, 0.15) is 94.1 Å². The van der Waals surface area contributed by atoms with Crippen LogP contribution in [-0.4, -0.2) is 31.1 Å². The van der Waals surface area contributed by atoms with Gasteiger partial charge >= 0.3 is 0 Å². The van der Waals surface area contributed by atoms with Gasteiger partial charge in [-0.3, -0.25) is 0 Å². The summed E-state index contributed by atoms with van der Waals surface area (Å²) in [4.78, 5) is 2.83. The van der Waals surface area contributed by atoms with Crippen LogP contribution in [0.25, 0.3) is 0 Å². The highest BCUT2D eigenvalue weighted by Gasteiger charge is 2.27. The summed E-state index contributed by atoms with van der Waals surface area (Å²) in [5.74, 6) is 2.87.